The number of methoxy groups -OCH3 is 1. The Labute approximate surface area is 106 Å². The van der Waals surface area contributed by atoms with E-state index in [9.17, 15) is 5.11 Å². The maximum absolute atomic E-state index is 10.3. The van der Waals surface area contributed by atoms with E-state index in [-0.39, 0.29) is 0 Å². The molecule has 0 spiro atoms. The van der Waals surface area contributed by atoms with Crippen LogP contribution in [0, 0.1) is 0 Å². The molecule has 1 N–H and O–H groups in total. The van der Waals surface area contributed by atoms with Crippen LogP contribution in [0.3, 0.4) is 0 Å². The summed E-state index contributed by atoms with van der Waals surface area (Å²) in [7, 11) is 3.45. The Hall–Kier alpha value is -1.72. The lowest BCUT2D eigenvalue weighted by Crippen LogP contribution is -2.06. The number of aliphatic hydroxyl groups is 1. The van der Waals surface area contributed by atoms with Crippen LogP contribution in [0.5, 0.6) is 0 Å². The third kappa shape index (κ3) is 2.94. The summed E-state index contributed by atoms with van der Waals surface area (Å²) in [5.41, 5.74) is 2.65. The average Bonchev–Trinajstić information content (AvgIpc) is 2.76. The van der Waals surface area contributed by atoms with Crippen LogP contribution in [0.4, 0.5) is 0 Å². The van der Waals surface area contributed by atoms with Crippen LogP contribution >= 0.6 is 0 Å². The summed E-state index contributed by atoms with van der Waals surface area (Å²) in [5, 5.41) is 18.1. The summed E-state index contributed by atoms with van der Waals surface area (Å²) >= 11 is 0. The quantitative estimate of drug-likeness (QED) is 0.863. The smallest absolute Gasteiger partial charge is 0.0856 e. The molecule has 2 rings (SSSR count). The lowest BCUT2D eigenvalue weighted by Gasteiger charge is -2.14. The Morgan fingerprint density at radius 1 is 1.39 bits per heavy atom. The van der Waals surface area contributed by atoms with Gasteiger partial charge in [0.25, 0.3) is 0 Å². The molecule has 5 nitrogen and oxygen atoms in total. The zero-order chi connectivity index (χ0) is 13.0. The molecule has 5 heteroatoms. The highest BCUT2D eigenvalue weighted by Gasteiger charge is 2.14. The van der Waals surface area contributed by atoms with Gasteiger partial charge in [0.1, 0.15) is 0 Å². The summed E-state index contributed by atoms with van der Waals surface area (Å²) in [6.45, 7) is 0.494. The van der Waals surface area contributed by atoms with E-state index < -0.39 is 6.10 Å². The third-order valence-corrected chi connectivity index (χ3v) is 2.77. The van der Waals surface area contributed by atoms with Crippen molar-refractivity contribution in [3.63, 3.8) is 0 Å². The van der Waals surface area contributed by atoms with Gasteiger partial charge in [-0.3, -0.25) is 4.68 Å². The molecule has 2 aromatic rings. The lowest BCUT2D eigenvalue weighted by molar-refractivity contribution is 0.161. The second-order valence-electron chi connectivity index (χ2n) is 4.24. The third-order valence-electron chi connectivity index (χ3n) is 2.77. The maximum atomic E-state index is 10.3. The summed E-state index contributed by atoms with van der Waals surface area (Å²) in [5.74, 6) is 0. The molecule has 0 aliphatic rings. The number of aromatic nitrogens is 3. The largest absolute Gasteiger partial charge is 0.388 e. The SMILES string of the molecule is COCc1ccccc1C(O)Cc1cn(C)nn1. The van der Waals surface area contributed by atoms with Crippen LogP contribution in [-0.4, -0.2) is 27.2 Å². The highest BCUT2D eigenvalue weighted by Crippen LogP contribution is 2.21. The molecule has 0 radical (unpaired) electrons. The summed E-state index contributed by atoms with van der Waals surface area (Å²) in [6.07, 6.45) is 1.67. The Morgan fingerprint density at radius 2 is 2.17 bits per heavy atom. The number of hydrogen-bond acceptors (Lipinski definition) is 4. The second-order valence-corrected chi connectivity index (χ2v) is 4.24. The Kier molecular flexibility index (Phi) is 4.07. The Bertz CT molecular complexity index is 510. The van der Waals surface area contributed by atoms with Crippen molar-refractivity contribution in [3.05, 3.63) is 47.3 Å². The lowest BCUT2D eigenvalue weighted by atomic mass is 10.00. The summed E-state index contributed by atoms with van der Waals surface area (Å²) in [4.78, 5) is 0. The molecule has 0 amide bonds. The fourth-order valence-corrected chi connectivity index (χ4v) is 1.94. The van der Waals surface area contributed by atoms with E-state index in [1.807, 2.05) is 37.5 Å². The minimum Gasteiger partial charge on any atom is -0.388 e. The van der Waals surface area contributed by atoms with E-state index in [0.717, 1.165) is 16.8 Å². The van der Waals surface area contributed by atoms with Gasteiger partial charge < -0.3 is 9.84 Å². The molecule has 1 unspecified atom stereocenters. The first-order valence-electron chi connectivity index (χ1n) is 5.80. The van der Waals surface area contributed by atoms with E-state index in [2.05, 4.69) is 10.3 Å². The highest BCUT2D eigenvalue weighted by atomic mass is 16.5. The first-order chi connectivity index (χ1) is 8.70. The minimum atomic E-state index is -0.590. The van der Waals surface area contributed by atoms with E-state index in [4.69, 9.17) is 4.74 Å². The van der Waals surface area contributed by atoms with Crippen LogP contribution in [-0.2, 0) is 24.8 Å². The van der Waals surface area contributed by atoms with Gasteiger partial charge in [0.2, 0.25) is 0 Å². The molecule has 0 aliphatic carbocycles. The van der Waals surface area contributed by atoms with Crippen LogP contribution in [0.15, 0.2) is 30.5 Å². The van der Waals surface area contributed by atoms with Gasteiger partial charge in [0.15, 0.2) is 0 Å². The van der Waals surface area contributed by atoms with Crippen molar-refractivity contribution < 1.29 is 9.84 Å². The van der Waals surface area contributed by atoms with Gasteiger partial charge in [-0.15, -0.1) is 5.10 Å². The molecule has 1 aromatic heterocycles. The van der Waals surface area contributed by atoms with E-state index >= 15 is 0 Å². The molecule has 1 aromatic carbocycles. The van der Waals surface area contributed by atoms with Crippen LogP contribution in [0.1, 0.15) is 22.9 Å². The molecule has 0 fully saturated rings. The maximum Gasteiger partial charge on any atom is 0.0856 e. The molecule has 0 bridgehead atoms. The van der Waals surface area contributed by atoms with Crippen molar-refractivity contribution in [1.29, 1.82) is 0 Å². The number of hydrogen-bond donors (Lipinski definition) is 1. The van der Waals surface area contributed by atoms with Crippen LogP contribution in [0.2, 0.25) is 0 Å². The van der Waals surface area contributed by atoms with Crippen LogP contribution in [0.25, 0.3) is 0 Å². The van der Waals surface area contributed by atoms with Crippen molar-refractivity contribution in [2.75, 3.05) is 7.11 Å². The van der Waals surface area contributed by atoms with Crippen molar-refractivity contribution in [3.8, 4) is 0 Å². The fourth-order valence-electron chi connectivity index (χ4n) is 1.94. The molecule has 1 heterocycles. The van der Waals surface area contributed by atoms with Gasteiger partial charge >= 0.3 is 0 Å². The first kappa shape index (κ1) is 12.7. The Morgan fingerprint density at radius 3 is 2.83 bits per heavy atom. The van der Waals surface area contributed by atoms with Gasteiger partial charge in [-0.25, -0.2) is 0 Å². The zero-order valence-corrected chi connectivity index (χ0v) is 10.6. The van der Waals surface area contributed by atoms with Crippen molar-refractivity contribution >= 4 is 0 Å². The van der Waals surface area contributed by atoms with E-state index in [1.165, 1.54) is 0 Å². The van der Waals surface area contributed by atoms with Crippen molar-refractivity contribution in [2.24, 2.45) is 7.05 Å². The van der Waals surface area contributed by atoms with Crippen molar-refractivity contribution in [2.45, 2.75) is 19.1 Å². The molecular formula is C13H17N3O2. The first-order valence-corrected chi connectivity index (χ1v) is 5.80. The standard InChI is InChI=1S/C13H17N3O2/c1-16-8-11(14-15-16)7-13(17)12-6-4-3-5-10(12)9-18-2/h3-6,8,13,17H,7,9H2,1-2H3. The van der Waals surface area contributed by atoms with Gasteiger partial charge in [-0.05, 0) is 11.1 Å². The topological polar surface area (TPSA) is 60.2 Å². The number of rotatable bonds is 5. The Balaban J connectivity index is 2.15. The predicted octanol–water partition coefficient (Wildman–Crippen LogP) is 1.24. The second kappa shape index (κ2) is 5.75. The van der Waals surface area contributed by atoms with E-state index in [1.54, 1.807) is 11.8 Å². The molecule has 18 heavy (non-hydrogen) atoms. The molecule has 1 atom stereocenters. The average molecular weight is 247 g/mol. The molecule has 0 saturated carbocycles. The van der Waals surface area contributed by atoms with E-state index in [0.29, 0.717) is 13.0 Å². The molecule has 0 saturated heterocycles. The highest BCUT2D eigenvalue weighted by molar-refractivity contribution is 5.29. The number of nitrogens with zero attached hydrogens (tertiary/aromatic N) is 3. The summed E-state index contributed by atoms with van der Waals surface area (Å²) < 4.78 is 6.76. The molecule has 0 aliphatic heterocycles. The van der Waals surface area contributed by atoms with Gasteiger partial charge in [-0.1, -0.05) is 29.5 Å². The number of aliphatic hydroxyl groups excluding tert-OH is 1. The zero-order valence-electron chi connectivity index (χ0n) is 10.6. The number of ether oxygens (including phenoxy) is 1. The normalized spacial score (nSPS) is 12.6. The minimum absolute atomic E-state index is 0.453. The molecular weight excluding hydrogens is 230 g/mol. The van der Waals surface area contributed by atoms with Gasteiger partial charge in [0, 0.05) is 26.8 Å². The molecule has 96 valence electrons. The monoisotopic (exact) mass is 247 g/mol. The predicted molar refractivity (Wildman–Crippen MR) is 66.8 cm³/mol. The fraction of sp³-hybridized carbons (Fsp3) is 0.385. The van der Waals surface area contributed by atoms with Gasteiger partial charge in [0.05, 0.1) is 18.4 Å². The van der Waals surface area contributed by atoms with Crippen LogP contribution < -0.4 is 0 Å². The number of benzene rings is 1. The summed E-state index contributed by atoms with van der Waals surface area (Å²) in [6, 6.07) is 7.72. The van der Waals surface area contributed by atoms with Crippen molar-refractivity contribution in [1.82, 2.24) is 15.0 Å². The van der Waals surface area contributed by atoms with Gasteiger partial charge in [-0.2, -0.15) is 0 Å². The number of aryl methyl sites for hydroxylation is 1.